The molecule has 0 amide bonds. The Labute approximate surface area is 190 Å². The SMILES string of the molecule is CC(C)(CC#N)c1c(-c2ccc(C(=O)O)s2)c2c(O)cc(F)cc2n1-c1ccc(F)c(F)c1. The molecule has 33 heavy (non-hydrogen) atoms. The Hall–Kier alpha value is -3.77. The number of aromatic nitrogens is 1. The number of hydrogen-bond acceptors (Lipinski definition) is 4. The van der Waals surface area contributed by atoms with Crippen LogP contribution >= 0.6 is 11.3 Å². The van der Waals surface area contributed by atoms with E-state index in [2.05, 4.69) is 6.07 Å². The molecule has 0 saturated carbocycles. The second kappa shape index (κ2) is 7.98. The van der Waals surface area contributed by atoms with Crippen LogP contribution in [0.2, 0.25) is 0 Å². The Morgan fingerprint density at radius 3 is 2.45 bits per heavy atom. The molecule has 2 N–H and O–H groups in total. The minimum atomic E-state index is -1.14. The number of rotatable bonds is 5. The Morgan fingerprint density at radius 1 is 1.12 bits per heavy atom. The van der Waals surface area contributed by atoms with E-state index in [1.165, 1.54) is 16.7 Å². The van der Waals surface area contributed by atoms with Crippen molar-refractivity contribution in [3.05, 3.63) is 70.5 Å². The van der Waals surface area contributed by atoms with Gasteiger partial charge in [0.25, 0.3) is 0 Å². The van der Waals surface area contributed by atoms with Crippen LogP contribution in [0.4, 0.5) is 13.2 Å². The number of fused-ring (bicyclic) bond motifs is 1. The number of aromatic carboxylic acids is 1. The smallest absolute Gasteiger partial charge is 0.345 e. The number of benzene rings is 2. The van der Waals surface area contributed by atoms with Gasteiger partial charge in [0.15, 0.2) is 11.6 Å². The van der Waals surface area contributed by atoms with E-state index in [9.17, 15) is 33.4 Å². The summed E-state index contributed by atoms with van der Waals surface area (Å²) in [4.78, 5) is 12.0. The summed E-state index contributed by atoms with van der Waals surface area (Å²) >= 11 is 0.950. The number of thiophene rings is 1. The van der Waals surface area contributed by atoms with E-state index in [-0.39, 0.29) is 27.9 Å². The Balaban J connectivity index is 2.23. The fourth-order valence-electron chi connectivity index (χ4n) is 4.00. The number of nitriles is 1. The average molecular weight is 470 g/mol. The van der Waals surface area contributed by atoms with Gasteiger partial charge < -0.3 is 14.8 Å². The topological polar surface area (TPSA) is 86.2 Å². The summed E-state index contributed by atoms with van der Waals surface area (Å²) in [6.45, 7) is 3.51. The molecule has 0 bridgehead atoms. The van der Waals surface area contributed by atoms with Crippen LogP contribution in [-0.4, -0.2) is 20.7 Å². The first kappa shape index (κ1) is 22.4. The summed E-state index contributed by atoms with van der Waals surface area (Å²) < 4.78 is 43.8. The van der Waals surface area contributed by atoms with Crippen molar-refractivity contribution in [2.24, 2.45) is 0 Å². The zero-order valence-electron chi connectivity index (χ0n) is 17.5. The Bertz CT molecular complexity index is 1460. The molecule has 0 aliphatic heterocycles. The molecule has 0 fully saturated rings. The molecule has 168 valence electrons. The standard InChI is InChI=1S/C24H17F3N2O3S/c1-24(2,7-8-28)22-21(18-5-6-19(33-18)23(31)32)20-16(9-12(25)10-17(20)30)29(22)13-3-4-14(26)15(27)11-13/h3-6,9-11,30H,7H2,1-2H3,(H,31,32). The van der Waals surface area contributed by atoms with Crippen LogP contribution in [0.25, 0.3) is 27.0 Å². The van der Waals surface area contributed by atoms with Crippen molar-refractivity contribution < 1.29 is 28.2 Å². The van der Waals surface area contributed by atoms with Crippen LogP contribution < -0.4 is 0 Å². The molecule has 0 spiro atoms. The number of carboxylic acid groups (broad SMARTS) is 1. The first-order chi connectivity index (χ1) is 15.5. The maximum Gasteiger partial charge on any atom is 0.345 e. The molecular formula is C24H17F3N2O3S. The molecule has 0 aliphatic rings. The summed E-state index contributed by atoms with van der Waals surface area (Å²) in [7, 11) is 0. The van der Waals surface area contributed by atoms with E-state index in [0.29, 0.717) is 16.1 Å². The van der Waals surface area contributed by atoms with E-state index < -0.39 is 34.6 Å². The minimum absolute atomic E-state index is 0.000402. The molecule has 9 heteroatoms. The molecule has 2 aromatic carbocycles. The molecule has 0 radical (unpaired) electrons. The van der Waals surface area contributed by atoms with Crippen LogP contribution in [0.3, 0.4) is 0 Å². The lowest BCUT2D eigenvalue weighted by Crippen LogP contribution is -2.21. The molecule has 0 aliphatic carbocycles. The summed E-state index contributed by atoms with van der Waals surface area (Å²) in [6, 6.07) is 10.3. The normalized spacial score (nSPS) is 11.6. The van der Waals surface area contributed by atoms with Crippen molar-refractivity contribution in [2.75, 3.05) is 0 Å². The summed E-state index contributed by atoms with van der Waals surface area (Å²) in [5.74, 6) is -4.48. The highest BCUT2D eigenvalue weighted by molar-refractivity contribution is 7.17. The summed E-state index contributed by atoms with van der Waals surface area (Å²) in [5.41, 5.74) is 0.227. The number of phenolic OH excluding ortho intramolecular Hbond substituents is 1. The second-order valence-corrected chi connectivity index (χ2v) is 9.25. The third kappa shape index (κ3) is 3.72. The second-order valence-electron chi connectivity index (χ2n) is 8.16. The van der Waals surface area contributed by atoms with E-state index in [1.807, 2.05) is 0 Å². The first-order valence-electron chi connectivity index (χ1n) is 9.78. The van der Waals surface area contributed by atoms with Gasteiger partial charge in [-0.2, -0.15) is 5.26 Å². The molecule has 4 aromatic rings. The van der Waals surface area contributed by atoms with Crippen LogP contribution in [0, 0.1) is 28.8 Å². The summed E-state index contributed by atoms with van der Waals surface area (Å²) in [5, 5.41) is 29.8. The van der Waals surface area contributed by atoms with E-state index in [4.69, 9.17) is 0 Å². The third-order valence-corrected chi connectivity index (χ3v) is 6.49. The van der Waals surface area contributed by atoms with Gasteiger partial charge in [0, 0.05) is 45.8 Å². The molecule has 5 nitrogen and oxygen atoms in total. The number of halogens is 3. The van der Waals surface area contributed by atoms with Gasteiger partial charge in [0.05, 0.1) is 17.0 Å². The van der Waals surface area contributed by atoms with Crippen LogP contribution in [0.5, 0.6) is 5.75 Å². The summed E-state index contributed by atoms with van der Waals surface area (Å²) in [6.07, 6.45) is 0.000402. The predicted octanol–water partition coefficient (Wildman–Crippen LogP) is 6.37. The van der Waals surface area contributed by atoms with Crippen molar-refractivity contribution in [3.63, 3.8) is 0 Å². The van der Waals surface area contributed by atoms with Gasteiger partial charge in [-0.25, -0.2) is 18.0 Å². The van der Waals surface area contributed by atoms with Gasteiger partial charge in [-0.05, 0) is 30.3 Å². The molecule has 0 atom stereocenters. The van der Waals surface area contributed by atoms with E-state index in [1.54, 1.807) is 19.9 Å². The van der Waals surface area contributed by atoms with Crippen molar-refractivity contribution >= 4 is 28.2 Å². The van der Waals surface area contributed by atoms with Gasteiger partial charge >= 0.3 is 5.97 Å². The number of carbonyl (C=O) groups is 1. The van der Waals surface area contributed by atoms with E-state index in [0.717, 1.165) is 35.6 Å². The van der Waals surface area contributed by atoms with Gasteiger partial charge in [-0.3, -0.25) is 0 Å². The molecular weight excluding hydrogens is 453 g/mol. The Kier molecular flexibility index (Phi) is 5.42. The highest BCUT2D eigenvalue weighted by atomic mass is 32.1. The predicted molar refractivity (Wildman–Crippen MR) is 118 cm³/mol. The zero-order chi connectivity index (χ0) is 24.1. The highest BCUT2D eigenvalue weighted by Crippen LogP contribution is 2.48. The lowest BCUT2D eigenvalue weighted by molar-refractivity contribution is 0.0702. The molecule has 0 saturated heterocycles. The monoisotopic (exact) mass is 470 g/mol. The molecule has 4 rings (SSSR count). The Morgan fingerprint density at radius 2 is 1.85 bits per heavy atom. The van der Waals surface area contributed by atoms with Gasteiger partial charge in [0.1, 0.15) is 16.4 Å². The van der Waals surface area contributed by atoms with Gasteiger partial charge in [-0.15, -0.1) is 11.3 Å². The third-order valence-electron chi connectivity index (χ3n) is 5.40. The van der Waals surface area contributed by atoms with Crippen molar-refractivity contribution in [1.29, 1.82) is 5.26 Å². The fourth-order valence-corrected chi connectivity index (χ4v) is 4.90. The van der Waals surface area contributed by atoms with Crippen molar-refractivity contribution in [2.45, 2.75) is 25.7 Å². The first-order valence-corrected chi connectivity index (χ1v) is 10.6. The van der Waals surface area contributed by atoms with Crippen LogP contribution in [-0.2, 0) is 5.41 Å². The lowest BCUT2D eigenvalue weighted by Gasteiger charge is -2.26. The largest absolute Gasteiger partial charge is 0.507 e. The maximum absolute atomic E-state index is 14.4. The molecule has 0 unspecified atom stereocenters. The molecule has 2 heterocycles. The van der Waals surface area contributed by atoms with Crippen LogP contribution in [0.15, 0.2) is 42.5 Å². The van der Waals surface area contributed by atoms with Crippen LogP contribution in [0.1, 0.15) is 35.6 Å². The van der Waals surface area contributed by atoms with Gasteiger partial charge in [0.2, 0.25) is 0 Å². The van der Waals surface area contributed by atoms with Crippen molar-refractivity contribution in [3.8, 4) is 27.9 Å². The number of aromatic hydroxyl groups is 1. The average Bonchev–Trinajstić information content (AvgIpc) is 3.33. The lowest BCUT2D eigenvalue weighted by atomic mass is 9.83. The quantitative estimate of drug-likeness (QED) is 0.355. The highest BCUT2D eigenvalue weighted by Gasteiger charge is 2.34. The van der Waals surface area contributed by atoms with Crippen molar-refractivity contribution in [1.82, 2.24) is 4.57 Å². The maximum atomic E-state index is 14.4. The number of hydrogen-bond donors (Lipinski definition) is 2. The number of nitrogens with zero attached hydrogens (tertiary/aromatic N) is 2. The number of carboxylic acids is 1. The fraction of sp³-hybridized carbons (Fsp3) is 0.167. The number of phenols is 1. The van der Waals surface area contributed by atoms with E-state index >= 15 is 0 Å². The minimum Gasteiger partial charge on any atom is -0.507 e. The van der Waals surface area contributed by atoms with Gasteiger partial charge in [-0.1, -0.05) is 13.8 Å². The zero-order valence-corrected chi connectivity index (χ0v) is 18.3. The molecule has 2 aromatic heterocycles.